The quantitative estimate of drug-likeness (QED) is 0.812. The lowest BCUT2D eigenvalue weighted by molar-refractivity contribution is -0.182. The van der Waals surface area contributed by atoms with Gasteiger partial charge in [-0.3, -0.25) is 0 Å². The van der Waals surface area contributed by atoms with Crippen LogP contribution in [-0.2, 0) is 0 Å². The van der Waals surface area contributed by atoms with Gasteiger partial charge in [-0.25, -0.2) is 0 Å². The molecule has 1 aliphatic carbocycles. The monoisotopic (exact) mass is 234 g/mol. The largest absolute Gasteiger partial charge is 0.391 e. The Morgan fingerprint density at radius 3 is 2.31 bits per heavy atom. The fourth-order valence-corrected chi connectivity index (χ4v) is 2.20. The van der Waals surface area contributed by atoms with Crippen LogP contribution < -0.4 is 5.73 Å². The van der Waals surface area contributed by atoms with Gasteiger partial charge in [0.1, 0.15) is 5.76 Å². The van der Waals surface area contributed by atoms with Crippen molar-refractivity contribution in [3.63, 3.8) is 0 Å². The molecule has 0 amide bonds. The molecule has 2 rings (SSSR count). The number of nitrogens with zero attached hydrogens (tertiary/aromatic N) is 1. The molecule has 1 aromatic heterocycles. The van der Waals surface area contributed by atoms with E-state index in [1.165, 1.54) is 0 Å². The number of anilines is 1. The number of nitrogens with two attached hydrogens (primary N) is 1. The van der Waals surface area contributed by atoms with Crippen LogP contribution in [0.15, 0.2) is 10.6 Å². The Balaban J connectivity index is 1.95. The fourth-order valence-electron chi connectivity index (χ4n) is 2.20. The first kappa shape index (κ1) is 11.3. The Morgan fingerprint density at radius 2 is 1.88 bits per heavy atom. The van der Waals surface area contributed by atoms with Crippen molar-refractivity contribution in [3.8, 4) is 0 Å². The van der Waals surface area contributed by atoms with Crippen LogP contribution in [0.3, 0.4) is 0 Å². The van der Waals surface area contributed by atoms with E-state index >= 15 is 0 Å². The van der Waals surface area contributed by atoms with Crippen LogP contribution in [0.25, 0.3) is 0 Å². The Bertz CT molecular complexity index is 353. The molecule has 1 saturated carbocycles. The maximum atomic E-state index is 12.4. The van der Waals surface area contributed by atoms with Gasteiger partial charge in [0.2, 0.25) is 0 Å². The summed E-state index contributed by atoms with van der Waals surface area (Å²) < 4.78 is 42.2. The van der Waals surface area contributed by atoms with Gasteiger partial charge in [0.15, 0.2) is 5.82 Å². The molecule has 0 spiro atoms. The molecule has 0 bridgehead atoms. The lowest BCUT2D eigenvalue weighted by Crippen LogP contribution is -2.27. The second-order valence-electron chi connectivity index (χ2n) is 4.24. The summed E-state index contributed by atoms with van der Waals surface area (Å²) in [4.78, 5) is 0. The zero-order chi connectivity index (χ0) is 11.8. The molecule has 6 heteroatoms. The van der Waals surface area contributed by atoms with E-state index in [9.17, 15) is 13.2 Å². The Labute approximate surface area is 90.8 Å². The number of rotatable bonds is 1. The molecule has 1 aliphatic rings. The van der Waals surface area contributed by atoms with Gasteiger partial charge < -0.3 is 10.3 Å². The van der Waals surface area contributed by atoms with Crippen LogP contribution in [0.2, 0.25) is 0 Å². The molecule has 3 nitrogen and oxygen atoms in total. The molecule has 0 aliphatic heterocycles. The molecule has 1 fully saturated rings. The summed E-state index contributed by atoms with van der Waals surface area (Å²) in [6.45, 7) is 0. The summed E-state index contributed by atoms with van der Waals surface area (Å²) in [5, 5.41) is 3.54. The van der Waals surface area contributed by atoms with Crippen molar-refractivity contribution in [2.24, 2.45) is 5.92 Å². The third-order valence-corrected chi connectivity index (χ3v) is 3.14. The summed E-state index contributed by atoms with van der Waals surface area (Å²) in [5.74, 6) is -0.238. The van der Waals surface area contributed by atoms with Gasteiger partial charge in [-0.1, -0.05) is 5.16 Å². The second kappa shape index (κ2) is 3.99. The lowest BCUT2D eigenvalue weighted by atomic mass is 9.80. The van der Waals surface area contributed by atoms with Crippen molar-refractivity contribution in [1.29, 1.82) is 0 Å². The third-order valence-electron chi connectivity index (χ3n) is 3.14. The van der Waals surface area contributed by atoms with Crippen molar-refractivity contribution >= 4 is 5.82 Å². The highest BCUT2D eigenvalue weighted by Gasteiger charge is 2.42. The van der Waals surface area contributed by atoms with Crippen LogP contribution in [0.1, 0.15) is 37.4 Å². The first-order chi connectivity index (χ1) is 7.47. The van der Waals surface area contributed by atoms with Crippen LogP contribution in [0, 0.1) is 5.92 Å². The maximum absolute atomic E-state index is 12.4. The van der Waals surface area contributed by atoms with Crippen LogP contribution in [0.5, 0.6) is 0 Å². The molecule has 0 radical (unpaired) electrons. The van der Waals surface area contributed by atoms with E-state index in [0.29, 0.717) is 18.6 Å². The highest BCUT2D eigenvalue weighted by molar-refractivity contribution is 5.28. The van der Waals surface area contributed by atoms with Crippen molar-refractivity contribution in [2.75, 3.05) is 5.73 Å². The van der Waals surface area contributed by atoms with Gasteiger partial charge in [0, 0.05) is 12.0 Å². The summed E-state index contributed by atoms with van der Waals surface area (Å²) in [6, 6.07) is 1.60. The molecule has 0 atom stereocenters. The summed E-state index contributed by atoms with van der Waals surface area (Å²) >= 11 is 0. The van der Waals surface area contributed by atoms with Crippen molar-refractivity contribution in [3.05, 3.63) is 11.8 Å². The van der Waals surface area contributed by atoms with Gasteiger partial charge >= 0.3 is 6.18 Å². The molecule has 90 valence electrons. The third kappa shape index (κ3) is 2.31. The van der Waals surface area contributed by atoms with Gasteiger partial charge in [-0.2, -0.15) is 13.2 Å². The molecule has 0 saturated heterocycles. The number of alkyl halides is 3. The standard InChI is InChI=1S/C10H13F3N2O/c11-10(12,13)7-3-1-6(2-4-7)8-5-9(14)15-16-8/h5-7H,1-4H2,(H2,14,15). The van der Waals surface area contributed by atoms with E-state index < -0.39 is 12.1 Å². The van der Waals surface area contributed by atoms with Crippen molar-refractivity contribution in [1.82, 2.24) is 5.16 Å². The SMILES string of the molecule is Nc1cc(C2CCC(C(F)(F)F)CC2)on1. The zero-order valence-corrected chi connectivity index (χ0v) is 8.63. The first-order valence-electron chi connectivity index (χ1n) is 5.25. The maximum Gasteiger partial charge on any atom is 0.391 e. The van der Waals surface area contributed by atoms with Gasteiger partial charge in [0.05, 0.1) is 5.92 Å². The van der Waals surface area contributed by atoms with Crippen LogP contribution in [0.4, 0.5) is 19.0 Å². The average molecular weight is 234 g/mol. The summed E-state index contributed by atoms with van der Waals surface area (Å²) in [6.07, 6.45) is -2.77. The molecule has 0 aromatic carbocycles. The normalized spacial score (nSPS) is 26.9. The predicted octanol–water partition coefficient (Wildman–Crippen LogP) is 3.09. The minimum absolute atomic E-state index is 0.0309. The highest BCUT2D eigenvalue weighted by Crippen LogP contribution is 2.42. The Hall–Kier alpha value is -1.20. The van der Waals surface area contributed by atoms with E-state index in [2.05, 4.69) is 5.16 Å². The van der Waals surface area contributed by atoms with Crippen molar-refractivity contribution in [2.45, 2.75) is 37.8 Å². The van der Waals surface area contributed by atoms with Gasteiger partial charge in [-0.15, -0.1) is 0 Å². The van der Waals surface area contributed by atoms with E-state index in [0.717, 1.165) is 0 Å². The topological polar surface area (TPSA) is 52.0 Å². The Morgan fingerprint density at radius 1 is 1.25 bits per heavy atom. The predicted molar refractivity (Wildman–Crippen MR) is 51.7 cm³/mol. The number of hydrogen-bond donors (Lipinski definition) is 1. The summed E-state index contributed by atoms with van der Waals surface area (Å²) in [7, 11) is 0. The minimum Gasteiger partial charge on any atom is -0.381 e. The molecule has 1 aromatic rings. The molecular weight excluding hydrogens is 221 g/mol. The van der Waals surface area contributed by atoms with Crippen LogP contribution >= 0.6 is 0 Å². The molecular formula is C10H13F3N2O. The van der Waals surface area contributed by atoms with E-state index in [4.69, 9.17) is 10.3 Å². The fraction of sp³-hybridized carbons (Fsp3) is 0.700. The van der Waals surface area contributed by atoms with E-state index in [-0.39, 0.29) is 24.6 Å². The highest BCUT2D eigenvalue weighted by atomic mass is 19.4. The molecule has 2 N–H and O–H groups in total. The molecule has 1 heterocycles. The second-order valence-corrected chi connectivity index (χ2v) is 4.24. The number of hydrogen-bond acceptors (Lipinski definition) is 3. The molecule has 16 heavy (non-hydrogen) atoms. The minimum atomic E-state index is -4.06. The Kier molecular flexibility index (Phi) is 2.82. The number of nitrogen functional groups attached to an aromatic ring is 1. The number of halogens is 3. The lowest BCUT2D eigenvalue weighted by Gasteiger charge is -2.28. The smallest absolute Gasteiger partial charge is 0.381 e. The number of aromatic nitrogens is 1. The molecule has 0 unspecified atom stereocenters. The van der Waals surface area contributed by atoms with Crippen LogP contribution in [-0.4, -0.2) is 11.3 Å². The zero-order valence-electron chi connectivity index (χ0n) is 8.63. The van der Waals surface area contributed by atoms with E-state index in [1.54, 1.807) is 6.07 Å². The van der Waals surface area contributed by atoms with Gasteiger partial charge in [0.25, 0.3) is 0 Å². The van der Waals surface area contributed by atoms with E-state index in [1.807, 2.05) is 0 Å². The average Bonchev–Trinajstić information content (AvgIpc) is 2.64. The summed E-state index contributed by atoms with van der Waals surface area (Å²) in [5.41, 5.74) is 5.40. The first-order valence-corrected chi connectivity index (χ1v) is 5.25. The van der Waals surface area contributed by atoms with Gasteiger partial charge in [-0.05, 0) is 25.7 Å². The van der Waals surface area contributed by atoms with Crippen molar-refractivity contribution < 1.29 is 17.7 Å².